The first-order chi connectivity index (χ1) is 10.1. The number of fused-ring (bicyclic) bond motifs is 1. The highest BCUT2D eigenvalue weighted by Crippen LogP contribution is 2.34. The van der Waals surface area contributed by atoms with Crippen LogP contribution >= 0.6 is 11.3 Å². The van der Waals surface area contributed by atoms with Crippen molar-refractivity contribution in [2.24, 2.45) is 0 Å². The molecule has 0 aliphatic heterocycles. The molecule has 4 nitrogen and oxygen atoms in total. The quantitative estimate of drug-likeness (QED) is 0.912. The number of aryl methyl sites for hydroxylation is 1. The van der Waals surface area contributed by atoms with Gasteiger partial charge in [-0.2, -0.15) is 0 Å². The highest BCUT2D eigenvalue weighted by molar-refractivity contribution is 7.21. The van der Waals surface area contributed by atoms with Crippen molar-refractivity contribution in [3.63, 3.8) is 0 Å². The van der Waals surface area contributed by atoms with E-state index in [1.165, 1.54) is 16.9 Å². The van der Waals surface area contributed by atoms with Gasteiger partial charge in [0.05, 0.1) is 11.8 Å². The molecule has 1 heterocycles. The third-order valence-corrected chi connectivity index (χ3v) is 5.09. The number of carbonyl (C=O) groups excluding carboxylic acids is 1. The van der Waals surface area contributed by atoms with E-state index in [1.54, 1.807) is 0 Å². The van der Waals surface area contributed by atoms with Crippen molar-refractivity contribution in [1.29, 1.82) is 0 Å². The molecule has 0 spiro atoms. The van der Waals surface area contributed by atoms with Crippen LogP contribution in [0.25, 0.3) is 10.1 Å². The minimum Gasteiger partial charge on any atom is -0.397 e. The molecule has 1 aromatic carbocycles. The maximum atomic E-state index is 12.4. The number of amides is 1. The van der Waals surface area contributed by atoms with Crippen molar-refractivity contribution in [3.8, 4) is 0 Å². The first-order valence-electron chi connectivity index (χ1n) is 7.29. The molecule has 1 aromatic heterocycles. The average Bonchev–Trinajstić information content (AvgIpc) is 2.73. The van der Waals surface area contributed by atoms with Crippen LogP contribution in [0.4, 0.5) is 5.69 Å². The molecule has 1 saturated carbocycles. The molecule has 1 aliphatic rings. The minimum absolute atomic E-state index is 0.0636. The van der Waals surface area contributed by atoms with Crippen LogP contribution in [0.5, 0.6) is 0 Å². The zero-order valence-corrected chi connectivity index (χ0v) is 13.1. The zero-order valence-electron chi connectivity index (χ0n) is 12.3. The largest absolute Gasteiger partial charge is 0.397 e. The molecule has 1 fully saturated rings. The average molecular weight is 304 g/mol. The second-order valence-corrected chi connectivity index (χ2v) is 6.62. The second-order valence-electron chi connectivity index (χ2n) is 5.56. The van der Waals surface area contributed by atoms with Crippen molar-refractivity contribution in [2.75, 3.05) is 12.3 Å². The van der Waals surface area contributed by atoms with Gasteiger partial charge >= 0.3 is 0 Å². The van der Waals surface area contributed by atoms with E-state index < -0.39 is 0 Å². The highest BCUT2D eigenvalue weighted by Gasteiger charge is 2.31. The molecular weight excluding hydrogens is 284 g/mol. The van der Waals surface area contributed by atoms with E-state index in [-0.39, 0.29) is 11.9 Å². The van der Waals surface area contributed by atoms with Crippen LogP contribution in [0.1, 0.15) is 35.0 Å². The monoisotopic (exact) mass is 304 g/mol. The van der Waals surface area contributed by atoms with Gasteiger partial charge in [0, 0.05) is 22.7 Å². The molecule has 3 N–H and O–H groups in total. The molecule has 0 unspecified atom stereocenters. The first kappa shape index (κ1) is 14.4. The van der Waals surface area contributed by atoms with E-state index in [9.17, 15) is 4.79 Å². The van der Waals surface area contributed by atoms with Gasteiger partial charge in [-0.15, -0.1) is 11.3 Å². The Bertz CT molecular complexity index is 674. The second kappa shape index (κ2) is 5.66. The van der Waals surface area contributed by atoms with E-state index in [0.29, 0.717) is 16.7 Å². The Morgan fingerprint density at radius 1 is 1.48 bits per heavy atom. The molecule has 0 radical (unpaired) electrons. The fourth-order valence-corrected chi connectivity index (χ4v) is 3.82. The first-order valence-corrected chi connectivity index (χ1v) is 8.11. The van der Waals surface area contributed by atoms with Crippen molar-refractivity contribution in [1.82, 2.24) is 5.32 Å². The van der Waals surface area contributed by atoms with Crippen LogP contribution in [0.3, 0.4) is 0 Å². The molecule has 0 bridgehead atoms. The number of thiophene rings is 1. The molecule has 1 amide bonds. The Morgan fingerprint density at radius 3 is 2.95 bits per heavy atom. The molecule has 21 heavy (non-hydrogen) atoms. The lowest BCUT2D eigenvalue weighted by atomic mass is 9.89. The topological polar surface area (TPSA) is 64.3 Å². The summed E-state index contributed by atoms with van der Waals surface area (Å²) in [6.07, 6.45) is 2.08. The number of rotatable bonds is 4. The van der Waals surface area contributed by atoms with Gasteiger partial charge in [0.15, 0.2) is 0 Å². The summed E-state index contributed by atoms with van der Waals surface area (Å²) in [6, 6.07) is 6.29. The molecule has 1 aliphatic carbocycles. The van der Waals surface area contributed by atoms with Gasteiger partial charge < -0.3 is 15.8 Å². The number of nitrogens with two attached hydrogens (primary N) is 1. The summed E-state index contributed by atoms with van der Waals surface area (Å²) in [7, 11) is 0. The normalized spacial score (nSPS) is 21.2. The summed E-state index contributed by atoms with van der Waals surface area (Å²) >= 11 is 1.47. The van der Waals surface area contributed by atoms with Gasteiger partial charge in [0.1, 0.15) is 4.88 Å². The Balaban J connectivity index is 1.72. The maximum absolute atomic E-state index is 12.4. The summed E-state index contributed by atoms with van der Waals surface area (Å²) in [5, 5.41) is 4.02. The van der Waals surface area contributed by atoms with Crippen molar-refractivity contribution < 1.29 is 9.53 Å². The van der Waals surface area contributed by atoms with E-state index in [4.69, 9.17) is 10.5 Å². The number of hydrogen-bond acceptors (Lipinski definition) is 4. The lowest BCUT2D eigenvalue weighted by Gasteiger charge is -2.35. The molecule has 2 aromatic rings. The number of nitrogen functional groups attached to an aromatic ring is 1. The summed E-state index contributed by atoms with van der Waals surface area (Å²) < 4.78 is 6.57. The Morgan fingerprint density at radius 2 is 2.24 bits per heavy atom. The van der Waals surface area contributed by atoms with Crippen LogP contribution in [0, 0.1) is 6.92 Å². The molecule has 3 rings (SSSR count). The van der Waals surface area contributed by atoms with E-state index >= 15 is 0 Å². The standard InChI is InChI=1S/C16H20N2O2S/c1-3-20-11-7-10(8-11)18-16(19)15-14(17)12-5-4-9(2)6-13(12)21-15/h4-6,10-11H,3,7-8,17H2,1-2H3,(H,18,19). The predicted molar refractivity (Wildman–Crippen MR) is 86.9 cm³/mol. The SMILES string of the molecule is CCOC1CC(NC(=O)c2sc3cc(C)ccc3c2N)C1. The zero-order chi connectivity index (χ0) is 15.0. The molecule has 5 heteroatoms. The summed E-state index contributed by atoms with van der Waals surface area (Å²) in [6.45, 7) is 4.76. The van der Waals surface area contributed by atoms with Crippen molar-refractivity contribution >= 4 is 33.0 Å². The van der Waals surface area contributed by atoms with E-state index in [2.05, 4.69) is 11.4 Å². The van der Waals surface area contributed by atoms with E-state index in [0.717, 1.165) is 29.5 Å². The van der Waals surface area contributed by atoms with Crippen LogP contribution in [0.2, 0.25) is 0 Å². The summed E-state index contributed by atoms with van der Waals surface area (Å²) in [4.78, 5) is 13.0. The lowest BCUT2D eigenvalue weighted by molar-refractivity contribution is -0.00858. The number of benzene rings is 1. The molecule has 0 saturated heterocycles. The number of hydrogen-bond donors (Lipinski definition) is 2. The molecular formula is C16H20N2O2S. The summed E-state index contributed by atoms with van der Waals surface area (Å²) in [5.41, 5.74) is 7.89. The van der Waals surface area contributed by atoms with Crippen LogP contribution in [-0.2, 0) is 4.74 Å². The lowest BCUT2D eigenvalue weighted by Crippen LogP contribution is -2.47. The maximum Gasteiger partial charge on any atom is 0.263 e. The van der Waals surface area contributed by atoms with E-state index in [1.807, 2.05) is 26.0 Å². The van der Waals surface area contributed by atoms with Gasteiger partial charge in [-0.05, 0) is 38.3 Å². The smallest absolute Gasteiger partial charge is 0.263 e. The number of anilines is 1. The fourth-order valence-electron chi connectivity index (χ4n) is 2.70. The Hall–Kier alpha value is -1.59. The molecule has 0 atom stereocenters. The van der Waals surface area contributed by atoms with Gasteiger partial charge in [0.2, 0.25) is 0 Å². The third-order valence-electron chi connectivity index (χ3n) is 3.92. The summed E-state index contributed by atoms with van der Waals surface area (Å²) in [5.74, 6) is -0.0636. The van der Waals surface area contributed by atoms with Gasteiger partial charge in [-0.1, -0.05) is 12.1 Å². The fraction of sp³-hybridized carbons (Fsp3) is 0.438. The third kappa shape index (κ3) is 2.76. The van der Waals surface area contributed by atoms with Crippen molar-refractivity contribution in [2.45, 2.75) is 38.8 Å². The highest BCUT2D eigenvalue weighted by atomic mass is 32.1. The van der Waals surface area contributed by atoms with Crippen LogP contribution in [0.15, 0.2) is 18.2 Å². The van der Waals surface area contributed by atoms with Gasteiger partial charge in [-0.3, -0.25) is 4.79 Å². The van der Waals surface area contributed by atoms with Crippen LogP contribution in [-0.4, -0.2) is 24.7 Å². The van der Waals surface area contributed by atoms with Crippen molar-refractivity contribution in [3.05, 3.63) is 28.6 Å². The van der Waals surface area contributed by atoms with Gasteiger partial charge in [0.25, 0.3) is 5.91 Å². The predicted octanol–water partition coefficient (Wildman–Crippen LogP) is 3.09. The Labute approximate surface area is 128 Å². The molecule has 112 valence electrons. The number of ether oxygens (including phenoxy) is 1. The van der Waals surface area contributed by atoms with Gasteiger partial charge in [-0.25, -0.2) is 0 Å². The number of nitrogens with one attached hydrogen (secondary N) is 1. The number of carbonyl (C=O) groups is 1. The minimum atomic E-state index is -0.0636. The van der Waals surface area contributed by atoms with Crippen LogP contribution < -0.4 is 11.1 Å². The Kier molecular flexibility index (Phi) is 3.87.